The summed E-state index contributed by atoms with van der Waals surface area (Å²) >= 11 is 9.58. The maximum absolute atomic E-state index is 11.0. The Morgan fingerprint density at radius 2 is 2.05 bits per heavy atom. The molecule has 21 heavy (non-hydrogen) atoms. The minimum atomic E-state index is -0.965. The van der Waals surface area contributed by atoms with Gasteiger partial charge in [0.25, 0.3) is 0 Å². The first-order valence-electron chi connectivity index (χ1n) is 6.15. The van der Waals surface area contributed by atoms with Crippen LogP contribution in [0.3, 0.4) is 0 Å². The molecule has 1 N–H and O–H groups in total. The molecule has 2 aromatic carbocycles. The Balaban J connectivity index is 2.30. The van der Waals surface area contributed by atoms with E-state index in [1.807, 2.05) is 23.6 Å². The van der Waals surface area contributed by atoms with Crippen molar-refractivity contribution >= 4 is 44.5 Å². The van der Waals surface area contributed by atoms with Crippen LogP contribution in [0.5, 0.6) is 0 Å². The van der Waals surface area contributed by atoms with Gasteiger partial charge in [-0.3, -0.25) is 4.57 Å². The molecule has 0 aliphatic rings. The number of fused-ring (bicyclic) bond motifs is 1. The third-order valence-corrected chi connectivity index (χ3v) is 4.12. The fourth-order valence-electron chi connectivity index (χ4n) is 2.30. The maximum atomic E-state index is 11.0. The highest BCUT2D eigenvalue weighted by Gasteiger charge is 2.14. The predicted molar refractivity (Wildman–Crippen MR) is 85.5 cm³/mol. The van der Waals surface area contributed by atoms with Crippen molar-refractivity contribution in [2.45, 2.75) is 6.92 Å². The van der Waals surface area contributed by atoms with E-state index in [9.17, 15) is 4.79 Å². The van der Waals surface area contributed by atoms with Crippen molar-refractivity contribution in [1.29, 1.82) is 0 Å². The maximum Gasteiger partial charge on any atom is 0.335 e. The molecule has 6 heteroatoms. The topological polar surface area (TPSA) is 55.1 Å². The lowest BCUT2D eigenvalue weighted by atomic mass is 10.2. The standard InChI is InChI=1S/C15H10BrClN2O2/c1-8-18-12-6-9(15(20)21)2-5-13(12)19(8)14-7-10(17)3-4-11(14)16/h2-7H,1H3,(H,20,21). The molecular weight excluding hydrogens is 356 g/mol. The van der Waals surface area contributed by atoms with Gasteiger partial charge in [-0.25, -0.2) is 9.78 Å². The number of carboxylic acids is 1. The third-order valence-electron chi connectivity index (χ3n) is 3.22. The number of hydrogen-bond donors (Lipinski definition) is 1. The summed E-state index contributed by atoms with van der Waals surface area (Å²) in [6.07, 6.45) is 0. The quantitative estimate of drug-likeness (QED) is 0.730. The molecule has 106 valence electrons. The molecule has 0 aliphatic carbocycles. The molecule has 0 bridgehead atoms. The number of aromatic nitrogens is 2. The van der Waals surface area contributed by atoms with Gasteiger partial charge in [-0.2, -0.15) is 0 Å². The number of rotatable bonds is 2. The zero-order valence-electron chi connectivity index (χ0n) is 11.0. The van der Waals surface area contributed by atoms with Crippen LogP contribution in [0.25, 0.3) is 16.7 Å². The van der Waals surface area contributed by atoms with E-state index < -0.39 is 5.97 Å². The number of aryl methyl sites for hydroxylation is 1. The van der Waals surface area contributed by atoms with Crippen molar-refractivity contribution in [2.75, 3.05) is 0 Å². The van der Waals surface area contributed by atoms with Crippen molar-refractivity contribution in [2.24, 2.45) is 0 Å². The molecule has 0 spiro atoms. The van der Waals surface area contributed by atoms with E-state index in [-0.39, 0.29) is 5.56 Å². The van der Waals surface area contributed by atoms with Crippen molar-refractivity contribution in [3.05, 3.63) is 57.3 Å². The van der Waals surface area contributed by atoms with Crippen molar-refractivity contribution in [3.63, 3.8) is 0 Å². The molecular formula is C15H10BrClN2O2. The molecule has 1 heterocycles. The lowest BCUT2D eigenvalue weighted by Crippen LogP contribution is -1.99. The zero-order valence-corrected chi connectivity index (χ0v) is 13.3. The van der Waals surface area contributed by atoms with Crippen LogP contribution in [0.15, 0.2) is 40.9 Å². The molecule has 0 saturated carbocycles. The van der Waals surface area contributed by atoms with Crippen LogP contribution >= 0.6 is 27.5 Å². The van der Waals surface area contributed by atoms with Crippen molar-refractivity contribution in [3.8, 4) is 5.69 Å². The molecule has 3 aromatic rings. The number of halogens is 2. The minimum absolute atomic E-state index is 0.220. The molecule has 0 atom stereocenters. The fourth-order valence-corrected chi connectivity index (χ4v) is 2.89. The van der Waals surface area contributed by atoms with E-state index in [1.54, 1.807) is 24.3 Å². The van der Waals surface area contributed by atoms with Crippen LogP contribution < -0.4 is 0 Å². The smallest absolute Gasteiger partial charge is 0.335 e. The number of carbonyl (C=O) groups is 1. The van der Waals surface area contributed by atoms with Gasteiger partial charge in [0.05, 0.1) is 22.3 Å². The Kier molecular flexibility index (Phi) is 3.47. The number of hydrogen-bond acceptors (Lipinski definition) is 2. The molecule has 0 unspecified atom stereocenters. The molecule has 1 aromatic heterocycles. The molecule has 0 saturated heterocycles. The Labute approximate surface area is 134 Å². The normalized spacial score (nSPS) is 11.0. The van der Waals surface area contributed by atoms with E-state index in [0.717, 1.165) is 21.5 Å². The third kappa shape index (κ3) is 2.43. The van der Waals surface area contributed by atoms with Gasteiger partial charge in [-0.05, 0) is 59.3 Å². The Morgan fingerprint density at radius 3 is 2.76 bits per heavy atom. The molecule has 0 radical (unpaired) electrons. The van der Waals surface area contributed by atoms with Crippen molar-refractivity contribution < 1.29 is 9.90 Å². The molecule has 4 nitrogen and oxygen atoms in total. The second-order valence-electron chi connectivity index (χ2n) is 4.60. The SMILES string of the molecule is Cc1nc2cc(C(=O)O)ccc2n1-c1cc(Cl)ccc1Br. The predicted octanol–water partition coefficient (Wildman–Crippen LogP) is 4.45. The summed E-state index contributed by atoms with van der Waals surface area (Å²) in [6.45, 7) is 1.87. The largest absolute Gasteiger partial charge is 0.478 e. The van der Waals surface area contributed by atoms with Gasteiger partial charge in [-0.15, -0.1) is 0 Å². The number of benzene rings is 2. The number of aromatic carboxylic acids is 1. The molecule has 0 aliphatic heterocycles. The van der Waals surface area contributed by atoms with Gasteiger partial charge in [0, 0.05) is 9.50 Å². The van der Waals surface area contributed by atoms with Crippen LogP contribution in [0.1, 0.15) is 16.2 Å². The average Bonchev–Trinajstić information content (AvgIpc) is 2.76. The summed E-state index contributed by atoms with van der Waals surface area (Å²) in [6, 6.07) is 10.4. The summed E-state index contributed by atoms with van der Waals surface area (Å²) in [5, 5.41) is 9.68. The van der Waals surface area contributed by atoms with E-state index >= 15 is 0 Å². The van der Waals surface area contributed by atoms with Crippen LogP contribution in [-0.2, 0) is 0 Å². The summed E-state index contributed by atoms with van der Waals surface area (Å²) in [5.41, 5.74) is 2.56. The first-order chi connectivity index (χ1) is 9.97. The minimum Gasteiger partial charge on any atom is -0.478 e. The number of imidazole rings is 1. The highest BCUT2D eigenvalue weighted by molar-refractivity contribution is 9.10. The highest BCUT2D eigenvalue weighted by atomic mass is 79.9. The van der Waals surface area contributed by atoms with E-state index in [4.69, 9.17) is 16.7 Å². The number of carboxylic acid groups (broad SMARTS) is 1. The van der Waals surface area contributed by atoms with E-state index in [0.29, 0.717) is 10.5 Å². The second-order valence-corrected chi connectivity index (χ2v) is 5.89. The fraction of sp³-hybridized carbons (Fsp3) is 0.0667. The summed E-state index contributed by atoms with van der Waals surface area (Å²) < 4.78 is 2.83. The molecule has 3 rings (SSSR count). The first kappa shape index (κ1) is 14.1. The second kappa shape index (κ2) is 5.16. The van der Waals surface area contributed by atoms with Crippen LogP contribution in [0, 0.1) is 6.92 Å². The van der Waals surface area contributed by atoms with Crippen LogP contribution in [0.4, 0.5) is 0 Å². The van der Waals surface area contributed by atoms with Gasteiger partial charge in [-0.1, -0.05) is 11.6 Å². The van der Waals surface area contributed by atoms with Gasteiger partial charge >= 0.3 is 5.97 Å². The van der Waals surface area contributed by atoms with Gasteiger partial charge in [0.1, 0.15) is 5.82 Å². The van der Waals surface area contributed by atoms with Crippen LogP contribution in [-0.4, -0.2) is 20.6 Å². The lowest BCUT2D eigenvalue weighted by molar-refractivity contribution is 0.0697. The van der Waals surface area contributed by atoms with Gasteiger partial charge in [0.15, 0.2) is 0 Å². The highest BCUT2D eigenvalue weighted by Crippen LogP contribution is 2.29. The van der Waals surface area contributed by atoms with Gasteiger partial charge in [0.2, 0.25) is 0 Å². The first-order valence-corrected chi connectivity index (χ1v) is 7.32. The van der Waals surface area contributed by atoms with Crippen molar-refractivity contribution in [1.82, 2.24) is 9.55 Å². The summed E-state index contributed by atoms with van der Waals surface area (Å²) in [4.78, 5) is 15.5. The van der Waals surface area contributed by atoms with E-state index in [1.165, 1.54) is 0 Å². The lowest BCUT2D eigenvalue weighted by Gasteiger charge is -2.10. The Hall–Kier alpha value is -1.85. The average molecular weight is 366 g/mol. The molecule has 0 amide bonds. The Bertz CT molecular complexity index is 873. The zero-order chi connectivity index (χ0) is 15.1. The monoisotopic (exact) mass is 364 g/mol. The van der Waals surface area contributed by atoms with E-state index in [2.05, 4.69) is 20.9 Å². The summed E-state index contributed by atoms with van der Waals surface area (Å²) in [5.74, 6) is -0.205. The molecule has 0 fully saturated rings. The van der Waals surface area contributed by atoms with Crippen LogP contribution in [0.2, 0.25) is 5.02 Å². The Morgan fingerprint density at radius 1 is 1.29 bits per heavy atom. The number of nitrogens with zero attached hydrogens (tertiary/aromatic N) is 2. The summed E-state index contributed by atoms with van der Waals surface area (Å²) in [7, 11) is 0. The van der Waals surface area contributed by atoms with Gasteiger partial charge < -0.3 is 5.11 Å².